The first kappa shape index (κ1) is 22.4. The Morgan fingerprint density at radius 2 is 1.77 bits per heavy atom. The highest BCUT2D eigenvalue weighted by molar-refractivity contribution is 7.93. The van der Waals surface area contributed by atoms with E-state index >= 15 is 0 Å². The van der Waals surface area contributed by atoms with Crippen molar-refractivity contribution in [3.05, 3.63) is 53.5 Å². The van der Waals surface area contributed by atoms with E-state index in [1.54, 1.807) is 24.6 Å². The Bertz CT molecular complexity index is 1150. The zero-order chi connectivity index (χ0) is 22.4. The Kier molecular flexibility index (Phi) is 6.98. The Labute approximate surface area is 184 Å². The number of aryl methyl sites for hydroxylation is 1. The van der Waals surface area contributed by atoms with Crippen LogP contribution in [0.1, 0.15) is 5.56 Å². The zero-order valence-corrected chi connectivity index (χ0v) is 18.7. The first-order valence-corrected chi connectivity index (χ1v) is 11.4. The average molecular weight is 464 g/mol. The number of carbonyl (C=O) groups excluding carboxylic acids is 1. The number of hydrogen-bond donors (Lipinski definition) is 2. The van der Waals surface area contributed by atoms with E-state index in [9.17, 15) is 13.2 Å². The molecule has 9 nitrogen and oxygen atoms in total. The molecule has 164 valence electrons. The third-order valence-corrected chi connectivity index (χ3v) is 6.31. The molecule has 0 saturated heterocycles. The Hall–Kier alpha value is -3.31. The van der Waals surface area contributed by atoms with Crippen LogP contribution >= 0.6 is 11.3 Å². The molecule has 3 aromatic rings. The number of anilines is 2. The van der Waals surface area contributed by atoms with Crippen molar-refractivity contribution in [3.8, 4) is 17.2 Å². The van der Waals surface area contributed by atoms with Crippen LogP contribution in [-0.2, 0) is 14.8 Å². The minimum absolute atomic E-state index is 0.0495. The summed E-state index contributed by atoms with van der Waals surface area (Å²) in [6.45, 7) is 1.60. The molecule has 1 heterocycles. The lowest BCUT2D eigenvalue weighted by molar-refractivity contribution is -0.118. The summed E-state index contributed by atoms with van der Waals surface area (Å²) < 4.78 is 43.2. The maximum atomic E-state index is 12.4. The summed E-state index contributed by atoms with van der Waals surface area (Å²) in [5.74, 6) is 1.04. The van der Waals surface area contributed by atoms with Gasteiger partial charge in [0.05, 0.1) is 19.1 Å². The molecule has 1 aromatic heterocycles. The van der Waals surface area contributed by atoms with Crippen molar-refractivity contribution in [2.24, 2.45) is 0 Å². The lowest BCUT2D eigenvalue weighted by Crippen LogP contribution is -2.20. The lowest BCUT2D eigenvalue weighted by Gasteiger charge is -2.14. The van der Waals surface area contributed by atoms with Crippen LogP contribution in [-0.4, -0.2) is 40.1 Å². The van der Waals surface area contributed by atoms with E-state index in [1.807, 2.05) is 6.92 Å². The van der Waals surface area contributed by atoms with Gasteiger partial charge in [-0.2, -0.15) is 0 Å². The van der Waals surface area contributed by atoms with Gasteiger partial charge in [0.2, 0.25) is 0 Å². The summed E-state index contributed by atoms with van der Waals surface area (Å²) in [6.07, 6.45) is 1.51. The van der Waals surface area contributed by atoms with Gasteiger partial charge in [-0.05, 0) is 42.8 Å². The maximum Gasteiger partial charge on any atom is 0.263 e. The van der Waals surface area contributed by atoms with Gasteiger partial charge in [-0.15, -0.1) is 11.3 Å². The van der Waals surface area contributed by atoms with E-state index in [4.69, 9.17) is 14.2 Å². The molecular formula is C20H21N3O6S2. The number of benzene rings is 2. The molecule has 1 amide bonds. The van der Waals surface area contributed by atoms with Crippen LogP contribution in [0.3, 0.4) is 0 Å². The fourth-order valence-electron chi connectivity index (χ4n) is 2.64. The summed E-state index contributed by atoms with van der Waals surface area (Å²) in [4.78, 5) is 16.2. The highest BCUT2D eigenvalue weighted by Gasteiger charge is 2.16. The fraction of sp³-hybridized carbons (Fsp3) is 0.200. The predicted molar refractivity (Wildman–Crippen MR) is 118 cm³/mol. The molecule has 2 N–H and O–H groups in total. The van der Waals surface area contributed by atoms with Crippen LogP contribution in [0, 0.1) is 6.92 Å². The quantitative estimate of drug-likeness (QED) is 0.500. The monoisotopic (exact) mass is 463 g/mol. The summed E-state index contributed by atoms with van der Waals surface area (Å²) in [7, 11) is -0.707. The number of methoxy groups -OCH3 is 2. The summed E-state index contributed by atoms with van der Waals surface area (Å²) in [6, 6.07) is 9.16. The van der Waals surface area contributed by atoms with E-state index in [0.29, 0.717) is 22.9 Å². The number of rotatable bonds is 9. The number of nitrogens with zero attached hydrogens (tertiary/aromatic N) is 1. The molecule has 0 saturated carbocycles. The number of hydrogen-bond acceptors (Lipinski definition) is 8. The SMILES string of the molecule is COc1cc(OCC(=O)Nc2ccc(S(=O)(=O)Nc3nccs3)cc2)c(OC)cc1C. The number of nitrogens with one attached hydrogen (secondary N) is 2. The van der Waals surface area contributed by atoms with Crippen LogP contribution in [0.25, 0.3) is 0 Å². The van der Waals surface area contributed by atoms with Crippen molar-refractivity contribution in [2.75, 3.05) is 30.9 Å². The van der Waals surface area contributed by atoms with Crippen molar-refractivity contribution in [2.45, 2.75) is 11.8 Å². The molecule has 0 fully saturated rings. The first-order chi connectivity index (χ1) is 14.8. The number of aromatic nitrogens is 1. The highest BCUT2D eigenvalue weighted by Crippen LogP contribution is 2.34. The van der Waals surface area contributed by atoms with E-state index < -0.39 is 15.9 Å². The van der Waals surface area contributed by atoms with Crippen molar-refractivity contribution in [3.63, 3.8) is 0 Å². The molecule has 0 bridgehead atoms. The average Bonchev–Trinajstić information content (AvgIpc) is 3.25. The van der Waals surface area contributed by atoms with Crippen LogP contribution in [0.15, 0.2) is 52.9 Å². The van der Waals surface area contributed by atoms with Gasteiger partial charge in [-0.1, -0.05) is 0 Å². The molecule has 0 spiro atoms. The minimum Gasteiger partial charge on any atom is -0.496 e. The smallest absolute Gasteiger partial charge is 0.263 e. The van der Waals surface area contributed by atoms with Crippen LogP contribution in [0.5, 0.6) is 17.2 Å². The predicted octanol–water partition coefficient (Wildman–Crippen LogP) is 3.29. The largest absolute Gasteiger partial charge is 0.496 e. The van der Waals surface area contributed by atoms with Crippen molar-refractivity contribution in [1.29, 1.82) is 0 Å². The number of thiazole rings is 1. The van der Waals surface area contributed by atoms with Gasteiger partial charge in [0.15, 0.2) is 23.2 Å². The standard InChI is InChI=1S/C20H21N3O6S2/c1-13-10-17(28-3)18(11-16(13)27-2)29-12-19(24)22-14-4-6-15(7-5-14)31(25,26)23-20-21-8-9-30-20/h4-11H,12H2,1-3H3,(H,21,23)(H,22,24). The summed E-state index contributed by atoms with van der Waals surface area (Å²) >= 11 is 1.18. The topological polar surface area (TPSA) is 116 Å². The van der Waals surface area contributed by atoms with E-state index in [-0.39, 0.29) is 16.6 Å². The molecule has 31 heavy (non-hydrogen) atoms. The number of ether oxygens (including phenoxy) is 3. The van der Waals surface area contributed by atoms with Gasteiger partial charge in [-0.25, -0.2) is 13.4 Å². The molecule has 3 rings (SSSR count). The van der Waals surface area contributed by atoms with Crippen molar-refractivity contribution >= 4 is 38.1 Å². The van der Waals surface area contributed by atoms with Crippen molar-refractivity contribution in [1.82, 2.24) is 4.98 Å². The minimum atomic E-state index is -3.76. The Morgan fingerprint density at radius 3 is 2.39 bits per heavy atom. The first-order valence-electron chi connectivity index (χ1n) is 9.00. The fourth-order valence-corrected chi connectivity index (χ4v) is 4.43. The molecule has 0 atom stereocenters. The number of amides is 1. The Balaban J connectivity index is 1.61. The zero-order valence-electron chi connectivity index (χ0n) is 17.0. The second kappa shape index (κ2) is 9.67. The second-order valence-electron chi connectivity index (χ2n) is 6.28. The van der Waals surface area contributed by atoms with E-state index in [1.165, 1.54) is 48.9 Å². The molecular weight excluding hydrogens is 442 g/mol. The van der Waals surface area contributed by atoms with Crippen LogP contribution < -0.4 is 24.2 Å². The lowest BCUT2D eigenvalue weighted by atomic mass is 10.2. The molecule has 0 aliphatic rings. The van der Waals surface area contributed by atoms with Crippen LogP contribution in [0.2, 0.25) is 0 Å². The summed E-state index contributed by atoms with van der Waals surface area (Å²) in [5.41, 5.74) is 1.30. The number of carbonyl (C=O) groups is 1. The van der Waals surface area contributed by atoms with Gasteiger partial charge < -0.3 is 19.5 Å². The molecule has 0 radical (unpaired) electrons. The third-order valence-electron chi connectivity index (χ3n) is 4.14. The van der Waals surface area contributed by atoms with Gasteiger partial charge in [0.1, 0.15) is 5.75 Å². The molecule has 2 aromatic carbocycles. The van der Waals surface area contributed by atoms with E-state index in [2.05, 4.69) is 15.0 Å². The van der Waals surface area contributed by atoms with E-state index in [0.717, 1.165) is 5.56 Å². The highest BCUT2D eigenvalue weighted by atomic mass is 32.2. The molecule has 0 aliphatic carbocycles. The molecule has 0 unspecified atom stereocenters. The van der Waals surface area contributed by atoms with Gasteiger partial charge >= 0.3 is 0 Å². The maximum absolute atomic E-state index is 12.4. The third kappa shape index (κ3) is 5.64. The Morgan fingerprint density at radius 1 is 1.06 bits per heavy atom. The summed E-state index contributed by atoms with van der Waals surface area (Å²) in [5, 5.41) is 4.60. The van der Waals surface area contributed by atoms with Gasteiger partial charge in [0, 0.05) is 23.3 Å². The van der Waals surface area contributed by atoms with Crippen LogP contribution in [0.4, 0.5) is 10.8 Å². The van der Waals surface area contributed by atoms with Gasteiger partial charge in [-0.3, -0.25) is 9.52 Å². The van der Waals surface area contributed by atoms with Gasteiger partial charge in [0.25, 0.3) is 15.9 Å². The molecule has 11 heteroatoms. The normalized spacial score (nSPS) is 10.9. The molecule has 0 aliphatic heterocycles. The van der Waals surface area contributed by atoms with Crippen molar-refractivity contribution < 1.29 is 27.4 Å². The number of sulfonamides is 1. The second-order valence-corrected chi connectivity index (χ2v) is 8.85.